The van der Waals surface area contributed by atoms with E-state index in [-0.39, 0.29) is 17.3 Å². The Balaban J connectivity index is 3.19. The molecule has 0 saturated carbocycles. The Morgan fingerprint density at radius 1 is 1.27 bits per heavy atom. The van der Waals surface area contributed by atoms with Crippen molar-refractivity contribution in [2.24, 2.45) is 11.0 Å². The topological polar surface area (TPSA) is 137 Å². The number of anilines is 1. The summed E-state index contributed by atoms with van der Waals surface area (Å²) in [5, 5.41) is 25.4. The number of non-ortho nitro benzene ring substituents is 1. The van der Waals surface area contributed by atoms with Crippen LogP contribution in [0.1, 0.15) is 13.8 Å². The van der Waals surface area contributed by atoms with Crippen LogP contribution in [0.25, 0.3) is 0 Å². The van der Waals surface area contributed by atoms with E-state index in [1.54, 1.807) is 13.8 Å². The Morgan fingerprint density at radius 3 is 2.36 bits per heavy atom. The van der Waals surface area contributed by atoms with Crippen LogP contribution in [-0.2, 0) is 9.53 Å². The van der Waals surface area contributed by atoms with Gasteiger partial charge in [0.15, 0.2) is 0 Å². The maximum Gasteiger partial charge on any atom is 0.354 e. The predicted molar refractivity (Wildman–Crippen MR) is 77.7 cm³/mol. The van der Waals surface area contributed by atoms with E-state index in [2.05, 4.69) is 15.3 Å². The van der Waals surface area contributed by atoms with Gasteiger partial charge >= 0.3 is 11.7 Å². The molecule has 1 rings (SSSR count). The first kappa shape index (κ1) is 17.0. The highest BCUT2D eigenvalue weighted by Gasteiger charge is 2.21. The third-order valence-corrected chi connectivity index (χ3v) is 2.63. The third kappa shape index (κ3) is 3.98. The van der Waals surface area contributed by atoms with Gasteiger partial charge in [-0.25, -0.2) is 4.79 Å². The number of hydrogen-bond donors (Lipinski definition) is 1. The van der Waals surface area contributed by atoms with E-state index in [1.165, 1.54) is 7.11 Å². The van der Waals surface area contributed by atoms with Gasteiger partial charge in [0.25, 0.3) is 5.69 Å². The van der Waals surface area contributed by atoms with E-state index >= 15 is 0 Å². The van der Waals surface area contributed by atoms with Crippen LogP contribution in [0.4, 0.5) is 17.1 Å². The molecule has 0 heterocycles. The van der Waals surface area contributed by atoms with Crippen molar-refractivity contribution in [3.63, 3.8) is 0 Å². The Morgan fingerprint density at radius 2 is 1.91 bits per heavy atom. The summed E-state index contributed by atoms with van der Waals surface area (Å²) in [6.07, 6.45) is 0. The summed E-state index contributed by atoms with van der Waals surface area (Å²) in [4.78, 5) is 31.6. The Labute approximate surface area is 125 Å². The van der Waals surface area contributed by atoms with E-state index in [1.807, 2.05) is 0 Å². The van der Waals surface area contributed by atoms with Crippen molar-refractivity contribution in [2.45, 2.75) is 13.8 Å². The van der Waals surface area contributed by atoms with Gasteiger partial charge < -0.3 is 4.74 Å². The molecule has 0 aliphatic carbocycles. The smallest absolute Gasteiger partial charge is 0.354 e. The monoisotopic (exact) mass is 310 g/mol. The lowest BCUT2D eigenvalue weighted by Crippen LogP contribution is -2.22. The zero-order valence-electron chi connectivity index (χ0n) is 12.1. The van der Waals surface area contributed by atoms with E-state index in [0.29, 0.717) is 0 Å². The zero-order valence-corrected chi connectivity index (χ0v) is 12.1. The number of nitro benzene ring substituents is 2. The van der Waals surface area contributed by atoms with Crippen molar-refractivity contribution in [2.75, 3.05) is 12.5 Å². The summed E-state index contributed by atoms with van der Waals surface area (Å²) in [5.41, 5.74) is 1.41. The first-order chi connectivity index (χ1) is 10.3. The van der Waals surface area contributed by atoms with Crippen molar-refractivity contribution in [1.29, 1.82) is 0 Å². The SMILES string of the molecule is COC(=O)/C(=N/Nc1ccc([N+](=O)[O-])cc1[N+](=O)[O-])C(C)C. The molecular formula is C12H14N4O6. The van der Waals surface area contributed by atoms with Gasteiger partial charge in [-0.2, -0.15) is 5.10 Å². The van der Waals surface area contributed by atoms with Gasteiger partial charge in [-0.1, -0.05) is 13.8 Å². The van der Waals surface area contributed by atoms with Crippen molar-refractivity contribution >= 4 is 28.7 Å². The number of hydrazone groups is 1. The molecule has 10 heteroatoms. The molecule has 0 unspecified atom stereocenters. The van der Waals surface area contributed by atoms with Crippen LogP contribution < -0.4 is 5.43 Å². The molecule has 1 N–H and O–H groups in total. The molecule has 0 fully saturated rings. The van der Waals surface area contributed by atoms with E-state index in [9.17, 15) is 25.0 Å². The average Bonchev–Trinajstić information content (AvgIpc) is 2.46. The Hall–Kier alpha value is -3.04. The zero-order chi connectivity index (χ0) is 16.9. The number of hydrogen-bond acceptors (Lipinski definition) is 8. The highest BCUT2D eigenvalue weighted by atomic mass is 16.6. The van der Waals surface area contributed by atoms with Gasteiger partial charge in [0.2, 0.25) is 0 Å². The second-order valence-corrected chi connectivity index (χ2v) is 4.47. The van der Waals surface area contributed by atoms with Crippen molar-refractivity contribution in [3.05, 3.63) is 38.4 Å². The molecule has 10 nitrogen and oxygen atoms in total. The van der Waals surface area contributed by atoms with Gasteiger partial charge in [-0.3, -0.25) is 25.7 Å². The van der Waals surface area contributed by atoms with Gasteiger partial charge in [-0.05, 0) is 6.07 Å². The maximum atomic E-state index is 11.5. The van der Waals surface area contributed by atoms with Crippen molar-refractivity contribution in [1.82, 2.24) is 0 Å². The fraction of sp³-hybridized carbons (Fsp3) is 0.333. The number of nitro groups is 2. The van der Waals surface area contributed by atoms with E-state index < -0.39 is 27.2 Å². The van der Waals surface area contributed by atoms with E-state index in [4.69, 9.17) is 0 Å². The van der Waals surface area contributed by atoms with Gasteiger partial charge in [0, 0.05) is 12.0 Å². The lowest BCUT2D eigenvalue weighted by molar-refractivity contribution is -0.393. The number of nitrogens with zero attached hydrogens (tertiary/aromatic N) is 3. The number of esters is 1. The lowest BCUT2D eigenvalue weighted by Gasteiger charge is -2.08. The summed E-state index contributed by atoms with van der Waals surface area (Å²) in [6, 6.07) is 3.05. The summed E-state index contributed by atoms with van der Waals surface area (Å²) < 4.78 is 4.56. The normalized spacial score (nSPS) is 11.2. The largest absolute Gasteiger partial charge is 0.464 e. The van der Waals surface area contributed by atoms with Crippen molar-refractivity contribution < 1.29 is 19.4 Å². The summed E-state index contributed by atoms with van der Waals surface area (Å²) in [5.74, 6) is -0.955. The fourth-order valence-corrected chi connectivity index (χ4v) is 1.51. The molecule has 0 amide bonds. The van der Waals surface area contributed by atoms with Crippen LogP contribution >= 0.6 is 0 Å². The van der Waals surface area contributed by atoms with Crippen molar-refractivity contribution in [3.8, 4) is 0 Å². The number of carbonyl (C=O) groups is 1. The second-order valence-electron chi connectivity index (χ2n) is 4.47. The highest BCUT2D eigenvalue weighted by molar-refractivity contribution is 6.37. The summed E-state index contributed by atoms with van der Waals surface area (Å²) in [7, 11) is 1.19. The fourth-order valence-electron chi connectivity index (χ4n) is 1.51. The molecular weight excluding hydrogens is 296 g/mol. The number of rotatable bonds is 6. The highest BCUT2D eigenvalue weighted by Crippen LogP contribution is 2.29. The molecule has 22 heavy (non-hydrogen) atoms. The number of carbonyl (C=O) groups excluding carboxylic acids is 1. The molecule has 0 radical (unpaired) electrons. The minimum atomic E-state index is -0.780. The second kappa shape index (κ2) is 7.11. The Bertz CT molecular complexity index is 641. The standard InChI is InChI=1S/C12H14N4O6/c1-7(2)11(12(17)22-3)14-13-9-5-4-8(15(18)19)6-10(9)16(20)21/h4-7,13H,1-3H3/b14-11+. The summed E-state index contributed by atoms with van der Waals surface area (Å²) in [6.45, 7) is 3.39. The molecule has 0 spiro atoms. The third-order valence-electron chi connectivity index (χ3n) is 2.63. The molecule has 1 aromatic rings. The number of benzene rings is 1. The van der Waals surface area contributed by atoms with Crippen LogP contribution in [-0.4, -0.2) is 28.6 Å². The minimum Gasteiger partial charge on any atom is -0.464 e. The summed E-state index contributed by atoms with van der Waals surface area (Å²) >= 11 is 0. The molecule has 0 aromatic heterocycles. The minimum absolute atomic E-state index is 0.0372. The molecule has 0 atom stereocenters. The number of nitrogens with one attached hydrogen (secondary N) is 1. The van der Waals surface area contributed by atoms with Crippen LogP contribution in [0.2, 0.25) is 0 Å². The van der Waals surface area contributed by atoms with Crippen LogP contribution in [0, 0.1) is 26.1 Å². The van der Waals surface area contributed by atoms with Gasteiger partial charge in [0.05, 0.1) is 23.0 Å². The molecule has 0 saturated heterocycles. The molecule has 0 aliphatic rings. The maximum absolute atomic E-state index is 11.5. The first-order valence-electron chi connectivity index (χ1n) is 6.12. The van der Waals surface area contributed by atoms with Crippen LogP contribution in [0.15, 0.2) is 23.3 Å². The van der Waals surface area contributed by atoms with Crippen LogP contribution in [0.5, 0.6) is 0 Å². The molecule has 118 valence electrons. The van der Waals surface area contributed by atoms with Crippen LogP contribution in [0.3, 0.4) is 0 Å². The quantitative estimate of drug-likeness (QED) is 0.367. The van der Waals surface area contributed by atoms with Gasteiger partial charge in [-0.15, -0.1) is 0 Å². The number of methoxy groups -OCH3 is 1. The average molecular weight is 310 g/mol. The first-order valence-corrected chi connectivity index (χ1v) is 6.12. The molecule has 0 aliphatic heterocycles. The Kier molecular flexibility index (Phi) is 5.50. The predicted octanol–water partition coefficient (Wildman–Crippen LogP) is 2.10. The lowest BCUT2D eigenvalue weighted by atomic mass is 10.1. The molecule has 1 aromatic carbocycles. The van der Waals surface area contributed by atoms with Gasteiger partial charge in [0.1, 0.15) is 11.4 Å². The molecule has 0 bridgehead atoms. The number of ether oxygens (including phenoxy) is 1. The van der Waals surface area contributed by atoms with E-state index in [0.717, 1.165) is 18.2 Å².